The summed E-state index contributed by atoms with van der Waals surface area (Å²) in [5.74, 6) is -1.11. The highest BCUT2D eigenvalue weighted by atomic mass is 19.1. The number of nitrogens with two attached hydrogens (primary N) is 1. The van der Waals surface area contributed by atoms with Crippen LogP contribution >= 0.6 is 0 Å². The summed E-state index contributed by atoms with van der Waals surface area (Å²) < 4.78 is 27.1. The lowest BCUT2D eigenvalue weighted by Gasteiger charge is -2.30. The van der Waals surface area contributed by atoms with Gasteiger partial charge >= 0.3 is 0 Å². The van der Waals surface area contributed by atoms with Gasteiger partial charge in [0.2, 0.25) is 0 Å². The minimum absolute atomic E-state index is 0.00884. The van der Waals surface area contributed by atoms with E-state index in [1.165, 1.54) is 6.07 Å². The Bertz CT molecular complexity index is 435. The monoisotopic (exact) mass is 256 g/mol. The Kier molecular flexibility index (Phi) is 3.94. The molecule has 2 unspecified atom stereocenters. The Morgan fingerprint density at radius 2 is 2.22 bits per heavy atom. The Balaban J connectivity index is 2.39. The van der Waals surface area contributed by atoms with Gasteiger partial charge in [0, 0.05) is 30.8 Å². The summed E-state index contributed by atoms with van der Waals surface area (Å²) in [4.78, 5) is 1.95. The van der Waals surface area contributed by atoms with Gasteiger partial charge in [0.25, 0.3) is 0 Å². The zero-order valence-corrected chi connectivity index (χ0v) is 10.4. The third-order valence-electron chi connectivity index (χ3n) is 3.64. The van der Waals surface area contributed by atoms with Gasteiger partial charge in [0.15, 0.2) is 0 Å². The van der Waals surface area contributed by atoms with Crippen molar-refractivity contribution in [2.24, 2.45) is 5.73 Å². The van der Waals surface area contributed by atoms with Gasteiger partial charge in [-0.25, -0.2) is 8.78 Å². The van der Waals surface area contributed by atoms with Crippen molar-refractivity contribution in [1.82, 2.24) is 4.90 Å². The van der Waals surface area contributed by atoms with Crippen LogP contribution in [0.3, 0.4) is 0 Å². The zero-order chi connectivity index (χ0) is 13.3. The molecule has 18 heavy (non-hydrogen) atoms. The molecule has 1 heterocycles. The Hall–Kier alpha value is -1.04. The topological polar surface area (TPSA) is 49.5 Å². The molecule has 0 aromatic heterocycles. The highest BCUT2D eigenvalue weighted by Crippen LogP contribution is 2.37. The van der Waals surface area contributed by atoms with Crippen molar-refractivity contribution in [1.29, 1.82) is 0 Å². The molecule has 0 aliphatic carbocycles. The number of benzene rings is 1. The highest BCUT2D eigenvalue weighted by Gasteiger charge is 2.35. The molecule has 3 nitrogen and oxygen atoms in total. The predicted octanol–water partition coefficient (Wildman–Crippen LogP) is 1.55. The number of fused-ring (bicyclic) bond motifs is 1. The summed E-state index contributed by atoms with van der Waals surface area (Å²) in [7, 11) is 0. The molecule has 2 rings (SSSR count). The molecule has 0 radical (unpaired) electrons. The van der Waals surface area contributed by atoms with Gasteiger partial charge in [-0.15, -0.1) is 0 Å². The van der Waals surface area contributed by atoms with E-state index in [9.17, 15) is 13.9 Å². The van der Waals surface area contributed by atoms with Crippen LogP contribution in [0.5, 0.6) is 0 Å². The normalized spacial score (nSPS) is 21.1. The summed E-state index contributed by atoms with van der Waals surface area (Å²) in [5.41, 5.74) is 6.82. The molecule has 0 saturated heterocycles. The maximum absolute atomic E-state index is 13.8. The Labute approximate surface area is 105 Å². The van der Waals surface area contributed by atoms with Crippen LogP contribution in [0, 0.1) is 11.6 Å². The van der Waals surface area contributed by atoms with E-state index in [0.29, 0.717) is 17.7 Å². The molecular formula is C13H18F2N2O. The number of aliphatic hydroxyl groups is 1. The number of rotatable bonds is 4. The lowest BCUT2D eigenvalue weighted by atomic mass is 10.0. The fourth-order valence-corrected chi connectivity index (χ4v) is 2.72. The number of hydrogen-bond acceptors (Lipinski definition) is 3. The second-order valence-electron chi connectivity index (χ2n) is 4.63. The summed E-state index contributed by atoms with van der Waals surface area (Å²) >= 11 is 0. The van der Waals surface area contributed by atoms with E-state index >= 15 is 0 Å². The minimum atomic E-state index is -0.569. The number of halogens is 2. The SMILES string of the molecule is CCC(CO)N1Cc2cc(F)cc(F)c2C1CN. The van der Waals surface area contributed by atoms with Gasteiger partial charge in [-0.1, -0.05) is 6.92 Å². The molecule has 0 amide bonds. The van der Waals surface area contributed by atoms with Gasteiger partial charge in [0.05, 0.1) is 12.6 Å². The summed E-state index contributed by atoms with van der Waals surface area (Å²) in [6, 6.07) is 1.89. The average molecular weight is 256 g/mol. The fourth-order valence-electron chi connectivity index (χ4n) is 2.72. The molecule has 0 spiro atoms. The molecule has 1 aliphatic rings. The van der Waals surface area contributed by atoms with Gasteiger partial charge in [-0.2, -0.15) is 0 Å². The molecule has 0 saturated carbocycles. The van der Waals surface area contributed by atoms with Crippen molar-refractivity contribution in [3.8, 4) is 0 Å². The smallest absolute Gasteiger partial charge is 0.131 e. The Morgan fingerprint density at radius 1 is 1.50 bits per heavy atom. The molecule has 3 N–H and O–H groups in total. The fraction of sp³-hybridized carbons (Fsp3) is 0.538. The molecular weight excluding hydrogens is 238 g/mol. The molecule has 2 atom stereocenters. The van der Waals surface area contributed by atoms with E-state index in [1.54, 1.807) is 0 Å². The van der Waals surface area contributed by atoms with Crippen LogP contribution in [-0.4, -0.2) is 29.2 Å². The van der Waals surface area contributed by atoms with Crippen molar-refractivity contribution < 1.29 is 13.9 Å². The van der Waals surface area contributed by atoms with Crippen molar-refractivity contribution in [2.75, 3.05) is 13.2 Å². The Morgan fingerprint density at radius 3 is 2.78 bits per heavy atom. The van der Waals surface area contributed by atoms with Crippen LogP contribution in [0.25, 0.3) is 0 Å². The minimum Gasteiger partial charge on any atom is -0.395 e. The largest absolute Gasteiger partial charge is 0.395 e. The van der Waals surface area contributed by atoms with E-state index in [-0.39, 0.29) is 25.2 Å². The van der Waals surface area contributed by atoms with Crippen LogP contribution in [0.4, 0.5) is 8.78 Å². The zero-order valence-electron chi connectivity index (χ0n) is 10.4. The maximum atomic E-state index is 13.8. The first-order chi connectivity index (χ1) is 8.62. The third-order valence-corrected chi connectivity index (χ3v) is 3.64. The van der Waals surface area contributed by atoms with Crippen molar-refractivity contribution in [2.45, 2.75) is 32.0 Å². The van der Waals surface area contributed by atoms with Crippen LogP contribution in [0.15, 0.2) is 12.1 Å². The molecule has 1 aromatic carbocycles. The molecule has 0 bridgehead atoms. The van der Waals surface area contributed by atoms with Crippen molar-refractivity contribution in [3.63, 3.8) is 0 Å². The predicted molar refractivity (Wildman–Crippen MR) is 64.9 cm³/mol. The maximum Gasteiger partial charge on any atom is 0.131 e. The van der Waals surface area contributed by atoms with Crippen molar-refractivity contribution >= 4 is 0 Å². The highest BCUT2D eigenvalue weighted by molar-refractivity contribution is 5.36. The third kappa shape index (κ3) is 2.13. The molecule has 5 heteroatoms. The summed E-state index contributed by atoms with van der Waals surface area (Å²) in [5, 5.41) is 9.35. The van der Waals surface area contributed by atoms with Crippen LogP contribution in [0.2, 0.25) is 0 Å². The quantitative estimate of drug-likeness (QED) is 0.859. The van der Waals surface area contributed by atoms with Crippen LogP contribution < -0.4 is 5.73 Å². The summed E-state index contributed by atoms with van der Waals surface area (Å²) in [6.07, 6.45) is 0.741. The molecule has 100 valence electrons. The second-order valence-corrected chi connectivity index (χ2v) is 4.63. The lowest BCUT2D eigenvalue weighted by Crippen LogP contribution is -2.39. The number of aliphatic hydroxyl groups excluding tert-OH is 1. The molecule has 1 aromatic rings. The van der Waals surface area contributed by atoms with Gasteiger partial charge < -0.3 is 10.8 Å². The van der Waals surface area contributed by atoms with Gasteiger partial charge in [-0.05, 0) is 18.1 Å². The number of hydrogen-bond donors (Lipinski definition) is 2. The van der Waals surface area contributed by atoms with E-state index in [2.05, 4.69) is 0 Å². The second kappa shape index (κ2) is 5.30. The first kappa shape index (κ1) is 13.4. The first-order valence-electron chi connectivity index (χ1n) is 6.16. The lowest BCUT2D eigenvalue weighted by molar-refractivity contribution is 0.0886. The van der Waals surface area contributed by atoms with Crippen molar-refractivity contribution in [3.05, 3.63) is 34.9 Å². The van der Waals surface area contributed by atoms with E-state index in [0.717, 1.165) is 12.5 Å². The molecule has 1 aliphatic heterocycles. The standard InChI is InChI=1S/C13H18F2N2O/c1-2-10(7-18)17-6-8-3-9(14)4-11(15)13(8)12(17)5-16/h3-4,10,12,18H,2,5-7,16H2,1H3. The first-order valence-corrected chi connectivity index (χ1v) is 6.16. The van der Waals surface area contributed by atoms with E-state index < -0.39 is 11.6 Å². The summed E-state index contributed by atoms with van der Waals surface area (Å²) in [6.45, 7) is 2.64. The average Bonchev–Trinajstić information content (AvgIpc) is 2.69. The van der Waals surface area contributed by atoms with Crippen LogP contribution in [0.1, 0.15) is 30.5 Å². The van der Waals surface area contributed by atoms with E-state index in [1.807, 2.05) is 11.8 Å². The van der Waals surface area contributed by atoms with Gasteiger partial charge in [-0.3, -0.25) is 4.90 Å². The van der Waals surface area contributed by atoms with Gasteiger partial charge in [0.1, 0.15) is 11.6 Å². The molecule has 0 fully saturated rings. The number of nitrogens with zero attached hydrogens (tertiary/aromatic N) is 1. The van der Waals surface area contributed by atoms with Crippen LogP contribution in [-0.2, 0) is 6.54 Å². The van der Waals surface area contributed by atoms with E-state index in [4.69, 9.17) is 5.73 Å².